The van der Waals surface area contributed by atoms with E-state index in [4.69, 9.17) is 4.74 Å². The van der Waals surface area contributed by atoms with Gasteiger partial charge in [0.25, 0.3) is 5.91 Å². The molecule has 3 aromatic rings. The zero-order chi connectivity index (χ0) is 18.5. The van der Waals surface area contributed by atoms with Crippen molar-refractivity contribution in [3.05, 3.63) is 58.8 Å². The summed E-state index contributed by atoms with van der Waals surface area (Å²) in [4.78, 5) is 16.8. The number of nitrogens with zero attached hydrogens (tertiary/aromatic N) is 3. The minimum absolute atomic E-state index is 0.146. The van der Waals surface area contributed by atoms with Crippen LogP contribution in [0.3, 0.4) is 0 Å². The van der Waals surface area contributed by atoms with Crippen LogP contribution in [-0.2, 0) is 0 Å². The van der Waals surface area contributed by atoms with Crippen LogP contribution in [0.15, 0.2) is 53.0 Å². The van der Waals surface area contributed by atoms with Crippen LogP contribution in [0, 0.1) is 0 Å². The number of rotatable bonds is 6. The van der Waals surface area contributed by atoms with E-state index in [0.29, 0.717) is 12.4 Å². The summed E-state index contributed by atoms with van der Waals surface area (Å²) < 4.78 is 7.85. The Bertz CT molecular complexity index is 889. The van der Waals surface area contributed by atoms with Crippen molar-refractivity contribution >= 4 is 21.8 Å². The Morgan fingerprint density at radius 2 is 1.85 bits per heavy atom. The molecule has 134 valence electrons. The van der Waals surface area contributed by atoms with Gasteiger partial charge in [0, 0.05) is 16.6 Å². The lowest BCUT2D eigenvalue weighted by Crippen LogP contribution is -2.25. The number of aromatic nitrogens is 3. The molecule has 3 rings (SSSR count). The molecule has 1 aromatic heterocycles. The van der Waals surface area contributed by atoms with Gasteiger partial charge in [0.1, 0.15) is 5.75 Å². The highest BCUT2D eigenvalue weighted by Crippen LogP contribution is 2.24. The fourth-order valence-electron chi connectivity index (χ4n) is 2.42. The summed E-state index contributed by atoms with van der Waals surface area (Å²) in [5, 5.41) is 7.24. The number of nitrogens with one attached hydrogen (secondary N) is 1. The van der Waals surface area contributed by atoms with E-state index in [-0.39, 0.29) is 11.7 Å². The lowest BCUT2D eigenvalue weighted by Gasteiger charge is -2.07. The molecule has 26 heavy (non-hydrogen) atoms. The van der Waals surface area contributed by atoms with Crippen LogP contribution in [-0.4, -0.2) is 34.3 Å². The number of hydrogen-bond acceptors (Lipinski definition) is 4. The van der Waals surface area contributed by atoms with Crippen LogP contribution in [0.4, 0.5) is 0 Å². The second kappa shape index (κ2) is 8.14. The van der Waals surface area contributed by atoms with Gasteiger partial charge in [0.05, 0.1) is 12.8 Å². The van der Waals surface area contributed by atoms with Gasteiger partial charge in [0.2, 0.25) is 5.82 Å². The molecule has 1 amide bonds. The highest BCUT2D eigenvalue weighted by molar-refractivity contribution is 9.10. The number of halogens is 1. The first-order valence-electron chi connectivity index (χ1n) is 8.28. The Balaban J connectivity index is 2.05. The molecule has 0 bridgehead atoms. The molecule has 1 N–H and O–H groups in total. The standard InChI is InChI=1S/C19H19BrN4O2/c1-3-12-21-19(25)17-22-18(13-4-6-14(20)7-5-13)24(23-17)15-8-10-16(26-2)11-9-15/h4-11H,3,12H2,1-2H3,(H,21,25). The first-order chi connectivity index (χ1) is 12.6. The molecule has 0 aliphatic heterocycles. The number of ether oxygens (including phenoxy) is 1. The van der Waals surface area contributed by atoms with Crippen molar-refractivity contribution in [2.24, 2.45) is 0 Å². The van der Waals surface area contributed by atoms with E-state index >= 15 is 0 Å². The molecular formula is C19H19BrN4O2. The number of carbonyl (C=O) groups excluding carboxylic acids is 1. The summed E-state index contributed by atoms with van der Waals surface area (Å²) >= 11 is 3.43. The first-order valence-corrected chi connectivity index (χ1v) is 9.07. The predicted molar refractivity (Wildman–Crippen MR) is 104 cm³/mol. The van der Waals surface area contributed by atoms with E-state index in [0.717, 1.165) is 27.9 Å². The lowest BCUT2D eigenvalue weighted by atomic mass is 10.2. The van der Waals surface area contributed by atoms with Crippen molar-refractivity contribution in [3.63, 3.8) is 0 Å². The number of benzene rings is 2. The molecule has 0 spiro atoms. The van der Waals surface area contributed by atoms with Gasteiger partial charge < -0.3 is 10.1 Å². The van der Waals surface area contributed by atoms with Crippen molar-refractivity contribution < 1.29 is 9.53 Å². The summed E-state index contributed by atoms with van der Waals surface area (Å²) in [7, 11) is 1.62. The molecule has 0 saturated heterocycles. The molecule has 7 heteroatoms. The van der Waals surface area contributed by atoms with Gasteiger partial charge in [-0.3, -0.25) is 4.79 Å². The van der Waals surface area contributed by atoms with Gasteiger partial charge in [-0.2, -0.15) is 0 Å². The zero-order valence-corrected chi connectivity index (χ0v) is 16.2. The van der Waals surface area contributed by atoms with Gasteiger partial charge >= 0.3 is 0 Å². The van der Waals surface area contributed by atoms with Crippen molar-refractivity contribution in [1.29, 1.82) is 0 Å². The van der Waals surface area contributed by atoms with Gasteiger partial charge in [0.15, 0.2) is 5.82 Å². The van der Waals surface area contributed by atoms with Crippen molar-refractivity contribution in [2.75, 3.05) is 13.7 Å². The van der Waals surface area contributed by atoms with Gasteiger partial charge in [-0.25, -0.2) is 9.67 Å². The summed E-state index contributed by atoms with van der Waals surface area (Å²) in [6.45, 7) is 2.58. The molecule has 6 nitrogen and oxygen atoms in total. The van der Waals surface area contributed by atoms with Crippen molar-refractivity contribution in [1.82, 2.24) is 20.1 Å². The second-order valence-corrected chi connectivity index (χ2v) is 6.55. The van der Waals surface area contributed by atoms with Crippen molar-refractivity contribution in [2.45, 2.75) is 13.3 Å². The average Bonchev–Trinajstić information content (AvgIpc) is 3.12. The predicted octanol–water partition coefficient (Wildman–Crippen LogP) is 3.85. The number of hydrogen-bond donors (Lipinski definition) is 1. The maximum absolute atomic E-state index is 12.3. The highest BCUT2D eigenvalue weighted by Gasteiger charge is 2.18. The largest absolute Gasteiger partial charge is 0.497 e. The lowest BCUT2D eigenvalue weighted by molar-refractivity contribution is 0.0943. The minimum Gasteiger partial charge on any atom is -0.497 e. The summed E-state index contributed by atoms with van der Waals surface area (Å²) in [5.41, 5.74) is 1.66. The third-order valence-corrected chi connectivity index (χ3v) is 4.29. The number of methoxy groups -OCH3 is 1. The maximum atomic E-state index is 12.3. The zero-order valence-electron chi connectivity index (χ0n) is 14.6. The third kappa shape index (κ3) is 3.94. The summed E-state index contributed by atoms with van der Waals surface area (Å²) in [6, 6.07) is 15.2. The van der Waals surface area contributed by atoms with Crippen LogP contribution < -0.4 is 10.1 Å². The molecule has 0 radical (unpaired) electrons. The minimum atomic E-state index is -0.280. The molecule has 0 fully saturated rings. The Hall–Kier alpha value is -2.67. The van der Waals surface area contributed by atoms with Gasteiger partial charge in [-0.15, -0.1) is 5.10 Å². The first kappa shape index (κ1) is 18.1. The van der Waals surface area contributed by atoms with E-state index in [1.54, 1.807) is 11.8 Å². The van der Waals surface area contributed by atoms with Gasteiger partial charge in [-0.1, -0.05) is 35.0 Å². The number of carbonyl (C=O) groups is 1. The van der Waals surface area contributed by atoms with Crippen LogP contribution in [0.5, 0.6) is 5.75 Å². The Morgan fingerprint density at radius 3 is 2.46 bits per heavy atom. The van der Waals surface area contributed by atoms with Crippen LogP contribution in [0.1, 0.15) is 24.0 Å². The topological polar surface area (TPSA) is 69.0 Å². The maximum Gasteiger partial charge on any atom is 0.290 e. The van der Waals surface area contributed by atoms with Crippen LogP contribution in [0.2, 0.25) is 0 Å². The van der Waals surface area contributed by atoms with E-state index in [1.165, 1.54) is 0 Å². The van der Waals surface area contributed by atoms with Gasteiger partial charge in [-0.05, 0) is 42.8 Å². The molecule has 0 aliphatic rings. The molecule has 1 heterocycles. The smallest absolute Gasteiger partial charge is 0.290 e. The molecule has 2 aromatic carbocycles. The van der Waals surface area contributed by atoms with E-state index in [2.05, 4.69) is 31.3 Å². The highest BCUT2D eigenvalue weighted by atomic mass is 79.9. The monoisotopic (exact) mass is 414 g/mol. The molecule has 0 atom stereocenters. The Kier molecular flexibility index (Phi) is 5.68. The fraction of sp³-hybridized carbons (Fsp3) is 0.211. The second-order valence-electron chi connectivity index (χ2n) is 5.63. The summed E-state index contributed by atoms with van der Waals surface area (Å²) in [6.07, 6.45) is 0.852. The third-order valence-electron chi connectivity index (χ3n) is 3.77. The van der Waals surface area contributed by atoms with Crippen LogP contribution in [0.25, 0.3) is 17.1 Å². The summed E-state index contributed by atoms with van der Waals surface area (Å²) in [5.74, 6) is 1.22. The molecular weight excluding hydrogens is 396 g/mol. The Labute approximate surface area is 160 Å². The number of amides is 1. The van der Waals surface area contributed by atoms with E-state index in [1.807, 2.05) is 55.5 Å². The van der Waals surface area contributed by atoms with Crippen LogP contribution >= 0.6 is 15.9 Å². The molecule has 0 saturated carbocycles. The fourth-order valence-corrected chi connectivity index (χ4v) is 2.68. The molecule has 0 unspecified atom stereocenters. The quantitative estimate of drug-likeness (QED) is 0.664. The van der Waals surface area contributed by atoms with E-state index < -0.39 is 0 Å². The van der Waals surface area contributed by atoms with Crippen molar-refractivity contribution in [3.8, 4) is 22.8 Å². The average molecular weight is 415 g/mol. The Morgan fingerprint density at radius 1 is 1.15 bits per heavy atom. The van der Waals surface area contributed by atoms with E-state index in [9.17, 15) is 4.79 Å². The normalized spacial score (nSPS) is 10.6. The molecule has 0 aliphatic carbocycles. The SMILES string of the molecule is CCCNC(=O)c1nc(-c2ccc(Br)cc2)n(-c2ccc(OC)cc2)n1.